The molecule has 2 N–H and O–H groups in total. The maximum Gasteiger partial charge on any atom is 0.134 e. The van der Waals surface area contributed by atoms with Gasteiger partial charge in [-0.2, -0.15) is 0 Å². The summed E-state index contributed by atoms with van der Waals surface area (Å²) in [6, 6.07) is 8.70. The molecule has 3 rings (SSSR count). The molecule has 0 spiro atoms. The minimum atomic E-state index is 0.0417. The molecule has 1 aliphatic rings. The van der Waals surface area contributed by atoms with Crippen LogP contribution in [0.25, 0.3) is 0 Å². The van der Waals surface area contributed by atoms with Gasteiger partial charge in [0, 0.05) is 5.92 Å². The molecule has 0 radical (unpaired) electrons. The summed E-state index contributed by atoms with van der Waals surface area (Å²) >= 11 is 1.69. The molecule has 0 aliphatic heterocycles. The quantitative estimate of drug-likeness (QED) is 0.922. The number of nitrogens with two attached hydrogens (primary N) is 1. The molecule has 0 fully saturated rings. The molecule has 1 aromatic heterocycles. The van der Waals surface area contributed by atoms with E-state index >= 15 is 0 Å². The lowest BCUT2D eigenvalue weighted by molar-refractivity contribution is 0.675. The smallest absolute Gasteiger partial charge is 0.134 e. The summed E-state index contributed by atoms with van der Waals surface area (Å²) in [5, 5.41) is 10.7. The average Bonchev–Trinajstić information content (AvgIpc) is 3.03. The highest BCUT2D eigenvalue weighted by Crippen LogP contribution is 2.35. The van der Waals surface area contributed by atoms with Crippen LogP contribution in [0.15, 0.2) is 24.3 Å². The standard InChI is InChI=1S/C14H17N3S/c1-2-12(15)14-17-16-13(18-14)11-7-9-5-3-4-6-10(9)8-11/h3-6,11-12H,2,7-8,15H2,1H3. The Kier molecular flexibility index (Phi) is 3.14. The zero-order chi connectivity index (χ0) is 12.5. The molecule has 3 nitrogen and oxygen atoms in total. The zero-order valence-electron chi connectivity index (χ0n) is 10.5. The Hall–Kier alpha value is -1.26. The maximum atomic E-state index is 6.00. The summed E-state index contributed by atoms with van der Waals surface area (Å²) in [5.41, 5.74) is 8.91. The van der Waals surface area contributed by atoms with Crippen LogP contribution in [0.2, 0.25) is 0 Å². The van der Waals surface area contributed by atoms with Crippen molar-refractivity contribution >= 4 is 11.3 Å². The first-order valence-electron chi connectivity index (χ1n) is 6.43. The molecule has 0 amide bonds. The van der Waals surface area contributed by atoms with E-state index in [1.165, 1.54) is 11.1 Å². The van der Waals surface area contributed by atoms with Crippen molar-refractivity contribution in [2.24, 2.45) is 5.73 Å². The molecule has 2 aromatic rings. The van der Waals surface area contributed by atoms with E-state index in [1.807, 2.05) is 0 Å². The van der Waals surface area contributed by atoms with E-state index in [-0.39, 0.29) is 6.04 Å². The molecule has 1 unspecified atom stereocenters. The minimum absolute atomic E-state index is 0.0417. The van der Waals surface area contributed by atoms with E-state index < -0.39 is 0 Å². The van der Waals surface area contributed by atoms with Gasteiger partial charge in [0.05, 0.1) is 6.04 Å². The Bertz CT molecular complexity index is 524. The third-order valence-electron chi connectivity index (χ3n) is 3.61. The van der Waals surface area contributed by atoms with E-state index in [0.717, 1.165) is 29.3 Å². The molecule has 1 aromatic carbocycles. The number of nitrogens with zero attached hydrogens (tertiary/aromatic N) is 2. The number of hydrogen-bond acceptors (Lipinski definition) is 4. The number of benzene rings is 1. The third kappa shape index (κ3) is 2.06. The lowest BCUT2D eigenvalue weighted by atomic mass is 10.1. The minimum Gasteiger partial charge on any atom is -0.322 e. The van der Waals surface area contributed by atoms with Gasteiger partial charge in [-0.05, 0) is 30.4 Å². The monoisotopic (exact) mass is 259 g/mol. The van der Waals surface area contributed by atoms with Crippen LogP contribution in [0, 0.1) is 0 Å². The van der Waals surface area contributed by atoms with Crippen molar-refractivity contribution in [2.45, 2.75) is 38.1 Å². The first-order chi connectivity index (χ1) is 8.78. The lowest BCUT2D eigenvalue weighted by Crippen LogP contribution is -2.07. The summed E-state index contributed by atoms with van der Waals surface area (Å²) in [5.74, 6) is 0.498. The van der Waals surface area contributed by atoms with Crippen molar-refractivity contribution in [2.75, 3.05) is 0 Å². The molecule has 1 atom stereocenters. The fraction of sp³-hybridized carbons (Fsp3) is 0.429. The number of fused-ring (bicyclic) bond motifs is 1. The topological polar surface area (TPSA) is 51.8 Å². The summed E-state index contributed by atoms with van der Waals surface area (Å²) in [7, 11) is 0. The number of rotatable bonds is 3. The van der Waals surface area contributed by atoms with E-state index in [1.54, 1.807) is 11.3 Å². The molecule has 0 saturated heterocycles. The van der Waals surface area contributed by atoms with Gasteiger partial charge in [-0.15, -0.1) is 10.2 Å². The molecule has 1 heterocycles. The van der Waals surface area contributed by atoms with E-state index in [0.29, 0.717) is 5.92 Å². The highest BCUT2D eigenvalue weighted by atomic mass is 32.1. The van der Waals surface area contributed by atoms with Crippen LogP contribution in [-0.4, -0.2) is 10.2 Å². The predicted molar refractivity (Wildman–Crippen MR) is 73.7 cm³/mol. The maximum absolute atomic E-state index is 6.00. The van der Waals surface area contributed by atoms with Crippen LogP contribution in [-0.2, 0) is 12.8 Å². The Morgan fingerprint density at radius 1 is 1.28 bits per heavy atom. The molecular formula is C14H17N3S. The Morgan fingerprint density at radius 2 is 1.94 bits per heavy atom. The molecule has 0 bridgehead atoms. The van der Waals surface area contributed by atoms with Gasteiger partial charge in [-0.25, -0.2) is 0 Å². The van der Waals surface area contributed by atoms with Crippen molar-refractivity contribution in [1.82, 2.24) is 10.2 Å². The van der Waals surface area contributed by atoms with Crippen molar-refractivity contribution in [3.63, 3.8) is 0 Å². The zero-order valence-corrected chi connectivity index (χ0v) is 11.3. The van der Waals surface area contributed by atoms with Crippen LogP contribution in [0.1, 0.15) is 46.4 Å². The number of aromatic nitrogens is 2. The van der Waals surface area contributed by atoms with Gasteiger partial charge in [-0.1, -0.05) is 42.5 Å². The van der Waals surface area contributed by atoms with E-state index in [4.69, 9.17) is 5.73 Å². The van der Waals surface area contributed by atoms with Gasteiger partial charge in [0.25, 0.3) is 0 Å². The highest BCUT2D eigenvalue weighted by molar-refractivity contribution is 7.11. The average molecular weight is 259 g/mol. The summed E-state index contributed by atoms with van der Waals surface area (Å²) in [4.78, 5) is 0. The van der Waals surface area contributed by atoms with Gasteiger partial charge >= 0.3 is 0 Å². The van der Waals surface area contributed by atoms with Gasteiger partial charge < -0.3 is 5.73 Å². The molecule has 1 aliphatic carbocycles. The lowest BCUT2D eigenvalue weighted by Gasteiger charge is -2.03. The van der Waals surface area contributed by atoms with Gasteiger partial charge in [0.1, 0.15) is 10.0 Å². The fourth-order valence-electron chi connectivity index (χ4n) is 2.47. The summed E-state index contributed by atoms with van der Waals surface area (Å²) < 4.78 is 0. The molecule has 18 heavy (non-hydrogen) atoms. The Morgan fingerprint density at radius 3 is 2.56 bits per heavy atom. The molecule has 94 valence electrons. The molecule has 0 saturated carbocycles. The van der Waals surface area contributed by atoms with Crippen molar-refractivity contribution in [3.05, 3.63) is 45.4 Å². The SMILES string of the molecule is CCC(N)c1nnc(C2Cc3ccccc3C2)s1. The predicted octanol–water partition coefficient (Wildman–Crippen LogP) is 2.83. The molecular weight excluding hydrogens is 242 g/mol. The second-order valence-corrected chi connectivity index (χ2v) is 5.91. The largest absolute Gasteiger partial charge is 0.322 e. The van der Waals surface area contributed by atoms with Gasteiger partial charge in [-0.3, -0.25) is 0 Å². The Balaban J connectivity index is 1.80. The van der Waals surface area contributed by atoms with Crippen LogP contribution in [0.4, 0.5) is 0 Å². The normalized spacial score (nSPS) is 16.8. The first kappa shape index (κ1) is 11.8. The summed E-state index contributed by atoms with van der Waals surface area (Å²) in [6.45, 7) is 2.08. The molecule has 4 heteroatoms. The second-order valence-electron chi connectivity index (χ2n) is 4.87. The van der Waals surface area contributed by atoms with Crippen molar-refractivity contribution < 1.29 is 0 Å². The first-order valence-corrected chi connectivity index (χ1v) is 7.25. The number of hydrogen-bond donors (Lipinski definition) is 1. The van der Waals surface area contributed by atoms with Crippen molar-refractivity contribution in [3.8, 4) is 0 Å². The van der Waals surface area contributed by atoms with Crippen LogP contribution < -0.4 is 5.73 Å². The van der Waals surface area contributed by atoms with E-state index in [2.05, 4.69) is 41.4 Å². The third-order valence-corrected chi connectivity index (χ3v) is 4.83. The van der Waals surface area contributed by atoms with E-state index in [9.17, 15) is 0 Å². The van der Waals surface area contributed by atoms with Crippen molar-refractivity contribution in [1.29, 1.82) is 0 Å². The summed E-state index contributed by atoms with van der Waals surface area (Å²) in [6.07, 6.45) is 3.10. The van der Waals surface area contributed by atoms with Crippen LogP contribution in [0.5, 0.6) is 0 Å². The highest BCUT2D eigenvalue weighted by Gasteiger charge is 2.26. The Labute approximate surface area is 111 Å². The van der Waals surface area contributed by atoms with Gasteiger partial charge in [0.2, 0.25) is 0 Å². The van der Waals surface area contributed by atoms with Crippen LogP contribution in [0.3, 0.4) is 0 Å². The fourth-order valence-corrected chi connectivity index (χ4v) is 3.50. The van der Waals surface area contributed by atoms with Crippen LogP contribution >= 0.6 is 11.3 Å². The van der Waals surface area contributed by atoms with Gasteiger partial charge in [0.15, 0.2) is 0 Å². The second kappa shape index (κ2) is 4.78.